The quantitative estimate of drug-likeness (QED) is 0.762. The van der Waals surface area contributed by atoms with Gasteiger partial charge in [-0.3, -0.25) is 9.48 Å². The van der Waals surface area contributed by atoms with Crippen LogP contribution in [0.2, 0.25) is 0 Å². The SMILES string of the molecule is CNCC(C)C(=O)Nc1cc(C)nn1C. The number of anilines is 1. The molecule has 0 fully saturated rings. The highest BCUT2D eigenvalue weighted by atomic mass is 16.2. The zero-order chi connectivity index (χ0) is 11.4. The van der Waals surface area contributed by atoms with Crippen LogP contribution in [0, 0.1) is 12.8 Å². The van der Waals surface area contributed by atoms with Crippen molar-refractivity contribution in [3.63, 3.8) is 0 Å². The highest BCUT2D eigenvalue weighted by molar-refractivity contribution is 5.91. The Hall–Kier alpha value is -1.36. The molecule has 84 valence electrons. The van der Waals surface area contributed by atoms with Crippen molar-refractivity contribution in [2.75, 3.05) is 18.9 Å². The third kappa shape index (κ3) is 3.06. The van der Waals surface area contributed by atoms with E-state index >= 15 is 0 Å². The number of carbonyl (C=O) groups is 1. The molecule has 1 aromatic heterocycles. The van der Waals surface area contributed by atoms with Crippen molar-refractivity contribution in [1.82, 2.24) is 15.1 Å². The monoisotopic (exact) mass is 210 g/mol. The number of nitrogens with one attached hydrogen (secondary N) is 2. The van der Waals surface area contributed by atoms with Gasteiger partial charge in [-0.15, -0.1) is 0 Å². The third-order valence-corrected chi connectivity index (χ3v) is 2.21. The van der Waals surface area contributed by atoms with Gasteiger partial charge in [-0.05, 0) is 14.0 Å². The van der Waals surface area contributed by atoms with Crippen LogP contribution in [-0.4, -0.2) is 29.3 Å². The second-order valence-corrected chi connectivity index (χ2v) is 3.74. The van der Waals surface area contributed by atoms with Gasteiger partial charge in [0.25, 0.3) is 0 Å². The number of amides is 1. The fourth-order valence-corrected chi connectivity index (χ4v) is 1.38. The van der Waals surface area contributed by atoms with Gasteiger partial charge < -0.3 is 10.6 Å². The number of aryl methyl sites for hydroxylation is 2. The molecular formula is C10H18N4O. The molecule has 0 saturated carbocycles. The Labute approximate surface area is 89.9 Å². The maximum atomic E-state index is 11.7. The topological polar surface area (TPSA) is 59.0 Å². The van der Waals surface area contributed by atoms with E-state index in [4.69, 9.17) is 0 Å². The lowest BCUT2D eigenvalue weighted by Gasteiger charge is -2.11. The Morgan fingerprint density at radius 1 is 1.67 bits per heavy atom. The molecular weight excluding hydrogens is 192 g/mol. The van der Waals surface area contributed by atoms with Gasteiger partial charge in [0.2, 0.25) is 5.91 Å². The molecule has 0 aromatic carbocycles. The molecule has 5 heteroatoms. The highest BCUT2D eigenvalue weighted by Gasteiger charge is 2.13. The van der Waals surface area contributed by atoms with Crippen LogP contribution in [0.3, 0.4) is 0 Å². The summed E-state index contributed by atoms with van der Waals surface area (Å²) in [4.78, 5) is 11.7. The first-order valence-electron chi connectivity index (χ1n) is 5.00. The predicted molar refractivity (Wildman–Crippen MR) is 59.7 cm³/mol. The summed E-state index contributed by atoms with van der Waals surface area (Å²) in [6.45, 7) is 4.45. The fraction of sp³-hybridized carbons (Fsp3) is 0.600. The first kappa shape index (κ1) is 11.7. The molecule has 1 rings (SSSR count). The van der Waals surface area contributed by atoms with Gasteiger partial charge in [-0.2, -0.15) is 5.10 Å². The molecule has 0 spiro atoms. The van der Waals surface area contributed by atoms with Crippen LogP contribution in [-0.2, 0) is 11.8 Å². The molecule has 1 aromatic rings. The van der Waals surface area contributed by atoms with Crippen LogP contribution in [0.4, 0.5) is 5.82 Å². The summed E-state index contributed by atoms with van der Waals surface area (Å²) in [5.41, 5.74) is 0.897. The van der Waals surface area contributed by atoms with E-state index in [0.717, 1.165) is 11.5 Å². The lowest BCUT2D eigenvalue weighted by Crippen LogP contribution is -2.29. The van der Waals surface area contributed by atoms with E-state index in [1.165, 1.54) is 0 Å². The maximum absolute atomic E-state index is 11.7. The third-order valence-electron chi connectivity index (χ3n) is 2.21. The van der Waals surface area contributed by atoms with Gasteiger partial charge in [0.1, 0.15) is 5.82 Å². The number of hydrogen-bond acceptors (Lipinski definition) is 3. The van der Waals surface area contributed by atoms with E-state index in [9.17, 15) is 4.79 Å². The number of hydrogen-bond donors (Lipinski definition) is 2. The zero-order valence-corrected chi connectivity index (χ0v) is 9.66. The molecule has 0 bridgehead atoms. The Kier molecular flexibility index (Phi) is 3.85. The Bertz CT molecular complexity index is 345. The van der Waals surface area contributed by atoms with E-state index in [1.54, 1.807) is 4.68 Å². The molecule has 0 saturated heterocycles. The lowest BCUT2D eigenvalue weighted by molar-refractivity contribution is -0.119. The zero-order valence-electron chi connectivity index (χ0n) is 9.66. The number of carbonyl (C=O) groups excluding carboxylic acids is 1. The lowest BCUT2D eigenvalue weighted by atomic mass is 10.1. The summed E-state index contributed by atoms with van der Waals surface area (Å²) in [6, 6.07) is 1.85. The Morgan fingerprint density at radius 2 is 2.33 bits per heavy atom. The Balaban J connectivity index is 2.62. The van der Waals surface area contributed by atoms with Crippen molar-refractivity contribution in [2.45, 2.75) is 13.8 Å². The minimum Gasteiger partial charge on any atom is -0.319 e. The molecule has 1 amide bonds. The normalized spacial score (nSPS) is 12.5. The molecule has 0 radical (unpaired) electrons. The van der Waals surface area contributed by atoms with Gasteiger partial charge in [0.05, 0.1) is 5.69 Å². The molecule has 0 aliphatic heterocycles. The molecule has 0 aliphatic carbocycles. The molecule has 5 nitrogen and oxygen atoms in total. The van der Waals surface area contributed by atoms with Crippen molar-refractivity contribution < 1.29 is 4.79 Å². The van der Waals surface area contributed by atoms with Crippen molar-refractivity contribution in [3.05, 3.63) is 11.8 Å². The number of nitrogens with zero attached hydrogens (tertiary/aromatic N) is 2. The van der Waals surface area contributed by atoms with Crippen LogP contribution in [0.1, 0.15) is 12.6 Å². The van der Waals surface area contributed by atoms with Crippen LogP contribution in [0.5, 0.6) is 0 Å². The summed E-state index contributed by atoms with van der Waals surface area (Å²) in [6.07, 6.45) is 0. The first-order chi connectivity index (χ1) is 7.04. The summed E-state index contributed by atoms with van der Waals surface area (Å²) in [5.74, 6) is 0.693. The molecule has 15 heavy (non-hydrogen) atoms. The molecule has 1 heterocycles. The second-order valence-electron chi connectivity index (χ2n) is 3.74. The largest absolute Gasteiger partial charge is 0.319 e. The summed E-state index contributed by atoms with van der Waals surface area (Å²) in [7, 11) is 3.64. The first-order valence-corrected chi connectivity index (χ1v) is 5.00. The minimum absolute atomic E-state index is 0.00681. The van der Waals surface area contributed by atoms with Gasteiger partial charge >= 0.3 is 0 Å². The van der Waals surface area contributed by atoms with E-state index in [2.05, 4.69) is 15.7 Å². The van der Waals surface area contributed by atoms with Crippen molar-refractivity contribution in [2.24, 2.45) is 13.0 Å². The van der Waals surface area contributed by atoms with Crippen molar-refractivity contribution in [3.8, 4) is 0 Å². The van der Waals surface area contributed by atoms with Crippen LogP contribution >= 0.6 is 0 Å². The molecule has 2 N–H and O–H groups in total. The van der Waals surface area contributed by atoms with Crippen LogP contribution in [0.15, 0.2) is 6.07 Å². The van der Waals surface area contributed by atoms with E-state index in [0.29, 0.717) is 6.54 Å². The van der Waals surface area contributed by atoms with E-state index < -0.39 is 0 Å². The number of aromatic nitrogens is 2. The van der Waals surface area contributed by atoms with E-state index in [1.807, 2.05) is 34.0 Å². The van der Waals surface area contributed by atoms with Gasteiger partial charge in [-0.1, -0.05) is 6.92 Å². The average molecular weight is 210 g/mol. The smallest absolute Gasteiger partial charge is 0.229 e. The van der Waals surface area contributed by atoms with E-state index in [-0.39, 0.29) is 11.8 Å². The Morgan fingerprint density at radius 3 is 2.80 bits per heavy atom. The number of rotatable bonds is 4. The van der Waals surface area contributed by atoms with Gasteiger partial charge in [-0.25, -0.2) is 0 Å². The van der Waals surface area contributed by atoms with Gasteiger partial charge in [0, 0.05) is 25.6 Å². The van der Waals surface area contributed by atoms with Crippen molar-refractivity contribution in [1.29, 1.82) is 0 Å². The van der Waals surface area contributed by atoms with Gasteiger partial charge in [0.15, 0.2) is 0 Å². The second kappa shape index (κ2) is 4.93. The predicted octanol–water partition coefficient (Wildman–Crippen LogP) is 0.523. The summed E-state index contributed by atoms with van der Waals surface area (Å²) in [5, 5.41) is 9.96. The van der Waals surface area contributed by atoms with Crippen molar-refractivity contribution >= 4 is 11.7 Å². The highest BCUT2D eigenvalue weighted by Crippen LogP contribution is 2.09. The average Bonchev–Trinajstić information content (AvgIpc) is 2.45. The van der Waals surface area contributed by atoms with Crippen LogP contribution in [0.25, 0.3) is 0 Å². The minimum atomic E-state index is -0.0507. The molecule has 1 atom stereocenters. The molecule has 0 aliphatic rings. The molecule has 1 unspecified atom stereocenters. The summed E-state index contributed by atoms with van der Waals surface area (Å²) < 4.78 is 1.67. The summed E-state index contributed by atoms with van der Waals surface area (Å²) >= 11 is 0. The standard InChI is InChI=1S/C10H18N4O/c1-7(6-11-3)10(15)12-9-5-8(2)13-14(9)4/h5,7,11H,6H2,1-4H3,(H,12,15). The van der Waals surface area contributed by atoms with Crippen LogP contribution < -0.4 is 10.6 Å². The fourth-order valence-electron chi connectivity index (χ4n) is 1.38. The maximum Gasteiger partial charge on any atom is 0.229 e.